The van der Waals surface area contributed by atoms with Gasteiger partial charge in [0, 0.05) is 12.0 Å². The third-order valence-electron chi connectivity index (χ3n) is 2.08. The van der Waals surface area contributed by atoms with E-state index in [-0.39, 0.29) is 5.97 Å². The van der Waals surface area contributed by atoms with E-state index in [1.807, 2.05) is 0 Å². The van der Waals surface area contributed by atoms with E-state index in [0.29, 0.717) is 13.2 Å². The summed E-state index contributed by atoms with van der Waals surface area (Å²) >= 11 is 0. The van der Waals surface area contributed by atoms with Crippen LogP contribution in [0.25, 0.3) is 0 Å². The van der Waals surface area contributed by atoms with Crippen molar-refractivity contribution in [3.05, 3.63) is 11.1 Å². The van der Waals surface area contributed by atoms with Crippen molar-refractivity contribution < 1.29 is 14.3 Å². The molecule has 3 heteroatoms. The highest BCUT2D eigenvalue weighted by atomic mass is 16.5. The molecule has 60 valence electrons. The van der Waals surface area contributed by atoms with Crippen LogP contribution in [0.15, 0.2) is 11.1 Å². The fourth-order valence-electron chi connectivity index (χ4n) is 1.46. The van der Waals surface area contributed by atoms with E-state index in [1.54, 1.807) is 0 Å². The summed E-state index contributed by atoms with van der Waals surface area (Å²) in [5.74, 6) is -0.134. The van der Waals surface area contributed by atoms with Crippen molar-refractivity contribution in [1.82, 2.24) is 0 Å². The molecule has 3 nitrogen and oxygen atoms in total. The first-order valence-electron chi connectivity index (χ1n) is 3.83. The van der Waals surface area contributed by atoms with Crippen molar-refractivity contribution in [2.24, 2.45) is 0 Å². The van der Waals surface area contributed by atoms with E-state index >= 15 is 0 Å². The van der Waals surface area contributed by atoms with Crippen LogP contribution in [0, 0.1) is 0 Å². The highest BCUT2D eigenvalue weighted by Crippen LogP contribution is 2.23. The highest BCUT2D eigenvalue weighted by Gasteiger charge is 2.24. The lowest BCUT2D eigenvalue weighted by atomic mass is 10.1. The second-order valence-corrected chi connectivity index (χ2v) is 2.77. The Labute approximate surface area is 65.0 Å². The van der Waals surface area contributed by atoms with Crippen LogP contribution in [0.5, 0.6) is 0 Å². The van der Waals surface area contributed by atoms with E-state index in [2.05, 4.69) is 0 Å². The Morgan fingerprint density at radius 3 is 2.64 bits per heavy atom. The standard InChI is InChI=1S/C8H10O3/c9-8-7(2-4-11-8)6-1-3-10-5-6/h1-5H2/b7-6-. The Kier molecular flexibility index (Phi) is 1.66. The Morgan fingerprint density at radius 2 is 2.09 bits per heavy atom. The Morgan fingerprint density at radius 1 is 1.18 bits per heavy atom. The lowest BCUT2D eigenvalue weighted by Gasteiger charge is -1.95. The molecule has 2 aliphatic rings. The minimum Gasteiger partial charge on any atom is -0.462 e. The van der Waals surface area contributed by atoms with Gasteiger partial charge in [-0.3, -0.25) is 0 Å². The number of rotatable bonds is 0. The first kappa shape index (κ1) is 6.85. The van der Waals surface area contributed by atoms with Gasteiger partial charge in [0.2, 0.25) is 0 Å². The average Bonchev–Trinajstić information content (AvgIpc) is 2.55. The molecule has 0 aliphatic carbocycles. The van der Waals surface area contributed by atoms with Crippen LogP contribution in [-0.2, 0) is 14.3 Å². The smallest absolute Gasteiger partial charge is 0.334 e. The van der Waals surface area contributed by atoms with Crippen molar-refractivity contribution >= 4 is 5.97 Å². The first-order valence-corrected chi connectivity index (χ1v) is 3.83. The molecule has 2 rings (SSSR count). The van der Waals surface area contributed by atoms with Crippen molar-refractivity contribution in [1.29, 1.82) is 0 Å². The number of ether oxygens (including phenoxy) is 2. The lowest BCUT2D eigenvalue weighted by Crippen LogP contribution is -1.99. The van der Waals surface area contributed by atoms with Gasteiger partial charge in [0.1, 0.15) is 0 Å². The van der Waals surface area contributed by atoms with E-state index in [0.717, 1.165) is 30.6 Å². The molecule has 11 heavy (non-hydrogen) atoms. The van der Waals surface area contributed by atoms with Gasteiger partial charge in [-0.05, 0) is 12.0 Å². The van der Waals surface area contributed by atoms with E-state index in [9.17, 15) is 4.79 Å². The lowest BCUT2D eigenvalue weighted by molar-refractivity contribution is -0.135. The van der Waals surface area contributed by atoms with Gasteiger partial charge in [0.25, 0.3) is 0 Å². The van der Waals surface area contributed by atoms with Gasteiger partial charge in [-0.15, -0.1) is 0 Å². The van der Waals surface area contributed by atoms with Gasteiger partial charge in [0.05, 0.1) is 19.8 Å². The van der Waals surface area contributed by atoms with Gasteiger partial charge >= 0.3 is 5.97 Å². The molecule has 0 N–H and O–H groups in total. The molecule has 2 heterocycles. The topological polar surface area (TPSA) is 35.5 Å². The molecule has 2 aliphatic heterocycles. The SMILES string of the molecule is O=C1OCC/C1=C1\CCOC1. The molecule has 2 fully saturated rings. The van der Waals surface area contributed by atoms with Crippen molar-refractivity contribution in [2.75, 3.05) is 19.8 Å². The summed E-state index contributed by atoms with van der Waals surface area (Å²) in [4.78, 5) is 11.0. The molecule has 0 aromatic heterocycles. The van der Waals surface area contributed by atoms with Gasteiger partial charge in [0.15, 0.2) is 0 Å². The number of carbonyl (C=O) groups is 1. The van der Waals surface area contributed by atoms with E-state index in [1.165, 1.54) is 0 Å². The van der Waals surface area contributed by atoms with Crippen LogP contribution in [-0.4, -0.2) is 25.8 Å². The van der Waals surface area contributed by atoms with Crippen LogP contribution >= 0.6 is 0 Å². The monoisotopic (exact) mass is 154 g/mol. The zero-order chi connectivity index (χ0) is 7.68. The summed E-state index contributed by atoms with van der Waals surface area (Å²) < 4.78 is 9.98. The van der Waals surface area contributed by atoms with Gasteiger partial charge in [-0.1, -0.05) is 0 Å². The second kappa shape index (κ2) is 2.66. The van der Waals surface area contributed by atoms with Crippen LogP contribution in [0.3, 0.4) is 0 Å². The van der Waals surface area contributed by atoms with Crippen molar-refractivity contribution in [3.63, 3.8) is 0 Å². The van der Waals surface area contributed by atoms with E-state index < -0.39 is 0 Å². The maximum atomic E-state index is 11.0. The van der Waals surface area contributed by atoms with E-state index in [4.69, 9.17) is 9.47 Å². The second-order valence-electron chi connectivity index (χ2n) is 2.77. The van der Waals surface area contributed by atoms with Gasteiger partial charge < -0.3 is 9.47 Å². The number of hydrogen-bond acceptors (Lipinski definition) is 3. The summed E-state index contributed by atoms with van der Waals surface area (Å²) in [6.45, 7) is 1.94. The first-order chi connectivity index (χ1) is 5.38. The summed E-state index contributed by atoms with van der Waals surface area (Å²) in [6, 6.07) is 0. The maximum Gasteiger partial charge on any atom is 0.334 e. The number of esters is 1. The third-order valence-corrected chi connectivity index (χ3v) is 2.08. The normalized spacial score (nSPS) is 31.1. The number of cyclic esters (lactones) is 1. The maximum absolute atomic E-state index is 11.0. The molecule has 0 amide bonds. The summed E-state index contributed by atoms with van der Waals surface area (Å²) in [7, 11) is 0. The molecule has 0 radical (unpaired) electrons. The third kappa shape index (κ3) is 1.16. The average molecular weight is 154 g/mol. The zero-order valence-electron chi connectivity index (χ0n) is 6.26. The van der Waals surface area contributed by atoms with Crippen molar-refractivity contribution in [2.45, 2.75) is 12.8 Å². The Hall–Kier alpha value is -0.830. The van der Waals surface area contributed by atoms with Gasteiger partial charge in [-0.25, -0.2) is 4.79 Å². The van der Waals surface area contributed by atoms with Crippen LogP contribution < -0.4 is 0 Å². The molecular formula is C8H10O3. The van der Waals surface area contributed by atoms with Crippen LogP contribution in [0.4, 0.5) is 0 Å². The van der Waals surface area contributed by atoms with Crippen LogP contribution in [0.1, 0.15) is 12.8 Å². The fraction of sp³-hybridized carbons (Fsp3) is 0.625. The molecule has 0 aromatic rings. The number of hydrogen-bond donors (Lipinski definition) is 0. The predicted molar refractivity (Wildman–Crippen MR) is 38.0 cm³/mol. The van der Waals surface area contributed by atoms with Gasteiger partial charge in [-0.2, -0.15) is 0 Å². The molecule has 2 saturated heterocycles. The minimum atomic E-state index is -0.134. The molecule has 0 spiro atoms. The summed E-state index contributed by atoms with van der Waals surface area (Å²) in [6.07, 6.45) is 1.68. The zero-order valence-corrected chi connectivity index (χ0v) is 6.26. The Balaban J connectivity index is 2.23. The largest absolute Gasteiger partial charge is 0.462 e. The molecule has 0 bridgehead atoms. The highest BCUT2D eigenvalue weighted by molar-refractivity contribution is 5.91. The Bertz CT molecular complexity index is 209. The van der Waals surface area contributed by atoms with Crippen molar-refractivity contribution in [3.8, 4) is 0 Å². The molecule has 0 atom stereocenters. The quantitative estimate of drug-likeness (QED) is 0.379. The molecule has 0 unspecified atom stereocenters. The fourth-order valence-corrected chi connectivity index (χ4v) is 1.46. The molecule has 0 aromatic carbocycles. The van der Waals surface area contributed by atoms with Crippen LogP contribution in [0.2, 0.25) is 0 Å². The predicted octanol–water partition coefficient (Wildman–Crippen LogP) is 0.650. The summed E-state index contributed by atoms with van der Waals surface area (Å²) in [5, 5.41) is 0. The molecule has 0 saturated carbocycles. The summed E-state index contributed by atoms with van der Waals surface area (Å²) in [5.41, 5.74) is 2.01. The molecular weight excluding hydrogens is 144 g/mol. The number of carbonyl (C=O) groups excluding carboxylic acids is 1. The minimum absolute atomic E-state index is 0.134.